The molecule has 0 aliphatic heterocycles. The molecule has 3 heteroatoms. The Morgan fingerprint density at radius 3 is 2.80 bits per heavy atom. The van der Waals surface area contributed by atoms with E-state index in [1.165, 1.54) is 31.2 Å². The summed E-state index contributed by atoms with van der Waals surface area (Å²) in [6.07, 6.45) is 9.38. The van der Waals surface area contributed by atoms with Crippen LogP contribution < -0.4 is 0 Å². The molecule has 1 aliphatic rings. The zero-order valence-corrected chi connectivity index (χ0v) is 12.2. The van der Waals surface area contributed by atoms with Crippen LogP contribution in [0.4, 0.5) is 0 Å². The van der Waals surface area contributed by atoms with E-state index < -0.39 is 0 Å². The van der Waals surface area contributed by atoms with E-state index in [4.69, 9.17) is 0 Å². The lowest BCUT2D eigenvalue weighted by Crippen LogP contribution is -2.18. The molecule has 1 aromatic heterocycles. The van der Waals surface area contributed by atoms with Gasteiger partial charge >= 0.3 is 0 Å². The van der Waals surface area contributed by atoms with Crippen molar-refractivity contribution in [2.24, 2.45) is 5.92 Å². The molecule has 20 heavy (non-hydrogen) atoms. The summed E-state index contributed by atoms with van der Waals surface area (Å²) < 4.78 is 2.11. The number of hydrogen-bond donors (Lipinski definition) is 0. The highest BCUT2D eigenvalue weighted by atomic mass is 15.4. The molecule has 0 bridgehead atoms. The lowest BCUT2D eigenvalue weighted by Gasteiger charge is -2.26. The van der Waals surface area contributed by atoms with E-state index in [1.54, 1.807) is 0 Å². The highest BCUT2D eigenvalue weighted by Crippen LogP contribution is 2.31. The van der Waals surface area contributed by atoms with Crippen molar-refractivity contribution in [2.45, 2.75) is 51.5 Å². The van der Waals surface area contributed by atoms with Crippen molar-refractivity contribution < 1.29 is 0 Å². The summed E-state index contributed by atoms with van der Waals surface area (Å²) in [7, 11) is 0. The summed E-state index contributed by atoms with van der Waals surface area (Å²) in [6.45, 7) is 2.35. The van der Waals surface area contributed by atoms with Gasteiger partial charge in [-0.2, -0.15) is 0 Å². The minimum atomic E-state index is 0.566. The summed E-state index contributed by atoms with van der Waals surface area (Å²) in [4.78, 5) is 0. The van der Waals surface area contributed by atoms with Crippen LogP contribution in [0.3, 0.4) is 0 Å². The molecule has 106 valence electrons. The summed E-state index contributed by atoms with van der Waals surface area (Å²) in [5.41, 5.74) is 2.49. The third-order valence-corrected chi connectivity index (χ3v) is 4.35. The van der Waals surface area contributed by atoms with Gasteiger partial charge in [0, 0.05) is 6.20 Å². The van der Waals surface area contributed by atoms with Crippen LogP contribution in [0.25, 0.3) is 0 Å². The molecule has 2 atom stereocenters. The third kappa shape index (κ3) is 3.27. The van der Waals surface area contributed by atoms with Gasteiger partial charge < -0.3 is 0 Å². The van der Waals surface area contributed by atoms with Gasteiger partial charge in [-0.15, -0.1) is 5.10 Å². The topological polar surface area (TPSA) is 30.7 Å². The highest BCUT2D eigenvalue weighted by molar-refractivity contribution is 5.15. The summed E-state index contributed by atoms with van der Waals surface area (Å²) in [5, 5.41) is 8.70. The van der Waals surface area contributed by atoms with Crippen LogP contribution in [0.2, 0.25) is 0 Å². The Morgan fingerprint density at radius 1 is 1.15 bits per heavy atom. The molecular weight excluding hydrogens is 246 g/mol. The van der Waals surface area contributed by atoms with Crippen molar-refractivity contribution in [2.75, 3.05) is 0 Å². The van der Waals surface area contributed by atoms with E-state index in [-0.39, 0.29) is 0 Å². The summed E-state index contributed by atoms with van der Waals surface area (Å²) in [5.74, 6) is 0.825. The van der Waals surface area contributed by atoms with Crippen molar-refractivity contribution in [3.8, 4) is 0 Å². The molecule has 0 saturated heterocycles. The molecule has 0 N–H and O–H groups in total. The van der Waals surface area contributed by atoms with Crippen LogP contribution >= 0.6 is 0 Å². The molecule has 2 aromatic rings. The molecule has 3 rings (SSSR count). The van der Waals surface area contributed by atoms with Crippen molar-refractivity contribution in [1.82, 2.24) is 15.0 Å². The van der Waals surface area contributed by atoms with E-state index in [0.29, 0.717) is 6.04 Å². The minimum Gasteiger partial charge on any atom is -0.249 e. The first-order valence-corrected chi connectivity index (χ1v) is 7.76. The highest BCUT2D eigenvalue weighted by Gasteiger charge is 2.21. The average molecular weight is 269 g/mol. The Labute approximate surface area is 121 Å². The molecule has 0 radical (unpaired) electrons. The van der Waals surface area contributed by atoms with E-state index >= 15 is 0 Å². The zero-order valence-electron chi connectivity index (χ0n) is 12.2. The fraction of sp³-hybridized carbons (Fsp3) is 0.529. The standard InChI is InChI=1S/C17H23N3/c1-14-6-5-9-17(12-14)20-13-16(18-19-20)11-10-15-7-3-2-4-8-15/h2-4,7-8,13-14,17H,5-6,9-12H2,1H3/t14-,17?/m1/s1. The van der Waals surface area contributed by atoms with Crippen molar-refractivity contribution >= 4 is 0 Å². The normalized spacial score (nSPS) is 22.9. The van der Waals surface area contributed by atoms with Gasteiger partial charge in [-0.3, -0.25) is 0 Å². The molecular formula is C17H23N3. The van der Waals surface area contributed by atoms with Gasteiger partial charge in [-0.1, -0.05) is 55.3 Å². The van der Waals surface area contributed by atoms with Crippen LogP contribution in [0, 0.1) is 5.92 Å². The van der Waals surface area contributed by atoms with Crippen molar-refractivity contribution in [3.63, 3.8) is 0 Å². The van der Waals surface area contributed by atoms with Crippen LogP contribution in [0.1, 0.15) is 49.9 Å². The maximum atomic E-state index is 4.35. The monoisotopic (exact) mass is 269 g/mol. The Kier molecular flexibility index (Phi) is 4.14. The molecule has 1 aromatic carbocycles. The van der Waals surface area contributed by atoms with Crippen LogP contribution in [-0.2, 0) is 12.8 Å². The van der Waals surface area contributed by atoms with Gasteiger partial charge in [0.05, 0.1) is 11.7 Å². The minimum absolute atomic E-state index is 0.566. The number of nitrogens with zero attached hydrogens (tertiary/aromatic N) is 3. The van der Waals surface area contributed by atoms with Crippen LogP contribution in [0.5, 0.6) is 0 Å². The van der Waals surface area contributed by atoms with Crippen molar-refractivity contribution in [1.29, 1.82) is 0 Å². The van der Waals surface area contributed by atoms with Gasteiger partial charge in [0.25, 0.3) is 0 Å². The quantitative estimate of drug-likeness (QED) is 0.845. The Bertz CT molecular complexity index is 532. The zero-order chi connectivity index (χ0) is 13.8. The van der Waals surface area contributed by atoms with Crippen molar-refractivity contribution in [3.05, 3.63) is 47.8 Å². The Balaban J connectivity index is 1.59. The van der Waals surface area contributed by atoms with Gasteiger partial charge in [0.2, 0.25) is 0 Å². The van der Waals surface area contributed by atoms with Crippen LogP contribution in [-0.4, -0.2) is 15.0 Å². The van der Waals surface area contributed by atoms with Gasteiger partial charge in [-0.25, -0.2) is 4.68 Å². The number of hydrogen-bond acceptors (Lipinski definition) is 2. The Hall–Kier alpha value is -1.64. The molecule has 1 saturated carbocycles. The molecule has 1 heterocycles. The summed E-state index contributed by atoms with van der Waals surface area (Å²) >= 11 is 0. The predicted molar refractivity (Wildman–Crippen MR) is 80.5 cm³/mol. The Morgan fingerprint density at radius 2 is 2.00 bits per heavy atom. The second-order valence-corrected chi connectivity index (χ2v) is 6.10. The largest absolute Gasteiger partial charge is 0.249 e. The second-order valence-electron chi connectivity index (χ2n) is 6.10. The lowest BCUT2D eigenvalue weighted by molar-refractivity contribution is 0.263. The smallest absolute Gasteiger partial charge is 0.0830 e. The first-order valence-electron chi connectivity index (χ1n) is 7.76. The number of aryl methyl sites for hydroxylation is 2. The van der Waals surface area contributed by atoms with E-state index in [1.807, 2.05) is 0 Å². The molecule has 1 fully saturated rings. The number of aromatic nitrogens is 3. The van der Waals surface area contributed by atoms with Crippen LogP contribution in [0.15, 0.2) is 36.5 Å². The molecule has 3 nitrogen and oxygen atoms in total. The SMILES string of the molecule is C[C@@H]1CCCC(n2cc(CCc3ccccc3)nn2)C1. The fourth-order valence-corrected chi connectivity index (χ4v) is 3.17. The summed E-state index contributed by atoms with van der Waals surface area (Å²) in [6, 6.07) is 11.2. The van der Waals surface area contributed by atoms with Gasteiger partial charge in [0.1, 0.15) is 0 Å². The second kappa shape index (κ2) is 6.21. The first kappa shape index (κ1) is 13.3. The third-order valence-electron chi connectivity index (χ3n) is 4.35. The average Bonchev–Trinajstić information content (AvgIpc) is 2.95. The maximum absolute atomic E-state index is 4.35. The fourth-order valence-electron chi connectivity index (χ4n) is 3.17. The molecule has 0 spiro atoms. The first-order chi connectivity index (χ1) is 9.81. The van der Waals surface area contributed by atoms with Gasteiger partial charge in [-0.05, 0) is 37.2 Å². The molecule has 1 unspecified atom stereocenters. The number of rotatable bonds is 4. The predicted octanol–water partition coefficient (Wildman–Crippen LogP) is 3.81. The van der Waals surface area contributed by atoms with E-state index in [9.17, 15) is 0 Å². The lowest BCUT2D eigenvalue weighted by atomic mass is 9.87. The van der Waals surface area contributed by atoms with Gasteiger partial charge in [0.15, 0.2) is 0 Å². The van der Waals surface area contributed by atoms with E-state index in [0.717, 1.165) is 24.5 Å². The molecule has 1 aliphatic carbocycles. The molecule has 0 amide bonds. The maximum Gasteiger partial charge on any atom is 0.0830 e. The number of benzene rings is 1. The van der Waals surface area contributed by atoms with E-state index in [2.05, 4.69) is 58.4 Å².